The third kappa shape index (κ3) is 6.87. The molecule has 0 unspecified atom stereocenters. The van der Waals surface area contributed by atoms with Crippen LogP contribution in [0.25, 0.3) is 0 Å². The zero-order valence-corrected chi connectivity index (χ0v) is 19.4. The molecule has 184 valence electrons. The fraction of sp³-hybridized carbons (Fsp3) is 0.318. The van der Waals surface area contributed by atoms with Gasteiger partial charge in [-0.25, -0.2) is 18.0 Å². The molecule has 4 N–H and O–H groups in total. The van der Waals surface area contributed by atoms with Gasteiger partial charge in [-0.1, -0.05) is 12.1 Å². The van der Waals surface area contributed by atoms with Crippen molar-refractivity contribution in [1.82, 2.24) is 10.2 Å². The Hall–Kier alpha value is -2.76. The maximum Gasteiger partial charge on any atom is 0.335 e. The van der Waals surface area contributed by atoms with Crippen molar-refractivity contribution in [2.75, 3.05) is 12.3 Å². The number of rotatable bonds is 8. The van der Waals surface area contributed by atoms with Crippen molar-refractivity contribution in [3.63, 3.8) is 0 Å². The minimum Gasteiger partial charge on any atom is -0.478 e. The molecular weight excluding hydrogens is 495 g/mol. The molecule has 2 aromatic carbocycles. The number of aromatic carboxylic acids is 1. The summed E-state index contributed by atoms with van der Waals surface area (Å²) in [6.07, 6.45) is -0.363. The number of amides is 2. The van der Waals surface area contributed by atoms with Crippen LogP contribution in [0.4, 0.5) is 13.2 Å². The summed E-state index contributed by atoms with van der Waals surface area (Å²) >= 11 is 1.29. The second-order valence-corrected chi connectivity index (χ2v) is 8.74. The highest BCUT2D eigenvalue weighted by Gasteiger charge is 2.35. The first-order valence-electron chi connectivity index (χ1n) is 10.1. The van der Waals surface area contributed by atoms with E-state index in [-0.39, 0.29) is 48.8 Å². The number of nitrogens with two attached hydrogens (primary N) is 1. The van der Waals surface area contributed by atoms with Crippen LogP contribution < -0.4 is 11.1 Å². The topological polar surface area (TPSA) is 113 Å². The van der Waals surface area contributed by atoms with E-state index in [2.05, 4.69) is 5.32 Å². The monoisotopic (exact) mass is 517 g/mol. The van der Waals surface area contributed by atoms with Crippen LogP contribution in [0.1, 0.15) is 27.9 Å². The van der Waals surface area contributed by atoms with Gasteiger partial charge in [0.2, 0.25) is 5.91 Å². The molecule has 7 nitrogen and oxygen atoms in total. The Bertz CT molecular complexity index is 1060. The highest BCUT2D eigenvalue weighted by atomic mass is 35.5. The van der Waals surface area contributed by atoms with Crippen LogP contribution in [0.5, 0.6) is 0 Å². The molecule has 1 aliphatic rings. The fourth-order valence-electron chi connectivity index (χ4n) is 3.40. The van der Waals surface area contributed by atoms with E-state index in [9.17, 15) is 27.6 Å². The maximum absolute atomic E-state index is 13.8. The van der Waals surface area contributed by atoms with Gasteiger partial charge >= 0.3 is 5.97 Å². The van der Waals surface area contributed by atoms with Crippen molar-refractivity contribution >= 4 is 42.0 Å². The van der Waals surface area contributed by atoms with Crippen LogP contribution in [-0.4, -0.2) is 51.5 Å². The lowest BCUT2D eigenvalue weighted by atomic mass is 10.0. The molecule has 0 radical (unpaired) electrons. The van der Waals surface area contributed by atoms with E-state index in [1.807, 2.05) is 0 Å². The third-order valence-corrected chi connectivity index (χ3v) is 6.31. The second-order valence-electron chi connectivity index (χ2n) is 7.56. The van der Waals surface area contributed by atoms with Gasteiger partial charge in [0.05, 0.1) is 5.56 Å². The third-order valence-electron chi connectivity index (χ3n) is 5.11. The molecule has 2 atom stereocenters. The van der Waals surface area contributed by atoms with Crippen LogP contribution in [0, 0.1) is 17.5 Å². The number of carboxylic acids is 1. The van der Waals surface area contributed by atoms with Crippen LogP contribution in [-0.2, 0) is 22.6 Å². The van der Waals surface area contributed by atoms with Crippen LogP contribution in [0.2, 0.25) is 0 Å². The predicted molar refractivity (Wildman–Crippen MR) is 123 cm³/mol. The van der Waals surface area contributed by atoms with E-state index in [0.717, 1.165) is 6.07 Å². The highest BCUT2D eigenvalue weighted by molar-refractivity contribution is 8.00. The molecule has 1 heterocycles. The average molecular weight is 518 g/mol. The Morgan fingerprint density at radius 3 is 2.41 bits per heavy atom. The Labute approximate surface area is 204 Å². The number of nitrogens with one attached hydrogen (secondary N) is 1. The number of nitrogens with zero attached hydrogens (tertiary/aromatic N) is 1. The Morgan fingerprint density at radius 2 is 1.76 bits per heavy atom. The number of carboxylic acid groups (broad SMARTS) is 1. The smallest absolute Gasteiger partial charge is 0.335 e. The molecule has 1 saturated heterocycles. The average Bonchev–Trinajstić information content (AvgIpc) is 3.26. The summed E-state index contributed by atoms with van der Waals surface area (Å²) in [6, 6.07) is 6.35. The Balaban J connectivity index is 0.00000408. The lowest BCUT2D eigenvalue weighted by Crippen LogP contribution is -2.46. The SMILES string of the molecule is Cl.N[C@@H](CC(=O)N1CCS[C@H]1C(=O)NCc1ccc(C(=O)O)cc1)Cc1cc(F)c(F)cc1F. The number of halogens is 4. The molecule has 1 fully saturated rings. The summed E-state index contributed by atoms with van der Waals surface area (Å²) in [5.41, 5.74) is 6.64. The van der Waals surface area contributed by atoms with Crippen molar-refractivity contribution in [1.29, 1.82) is 0 Å². The Kier molecular flexibility index (Phi) is 9.77. The number of thioether (sulfide) groups is 1. The molecule has 12 heteroatoms. The molecule has 34 heavy (non-hydrogen) atoms. The minimum absolute atomic E-state index is 0. The van der Waals surface area contributed by atoms with E-state index < -0.39 is 40.7 Å². The number of carbonyl (C=O) groups excluding carboxylic acids is 2. The van der Waals surface area contributed by atoms with Gasteiger partial charge in [0.15, 0.2) is 17.0 Å². The highest BCUT2D eigenvalue weighted by Crippen LogP contribution is 2.25. The Morgan fingerprint density at radius 1 is 1.12 bits per heavy atom. The number of benzene rings is 2. The summed E-state index contributed by atoms with van der Waals surface area (Å²) < 4.78 is 40.3. The molecule has 2 amide bonds. The lowest BCUT2D eigenvalue weighted by molar-refractivity contribution is -0.136. The molecule has 0 aliphatic carbocycles. The van der Waals surface area contributed by atoms with Crippen molar-refractivity contribution < 1.29 is 32.7 Å². The van der Waals surface area contributed by atoms with Gasteiger partial charge < -0.3 is 21.1 Å². The summed E-state index contributed by atoms with van der Waals surface area (Å²) in [5.74, 6) is -4.73. The van der Waals surface area contributed by atoms with E-state index in [0.29, 0.717) is 23.9 Å². The molecule has 1 aliphatic heterocycles. The van der Waals surface area contributed by atoms with Crippen molar-refractivity contribution in [3.05, 3.63) is 70.5 Å². The summed E-state index contributed by atoms with van der Waals surface area (Å²) in [6.45, 7) is 0.494. The summed E-state index contributed by atoms with van der Waals surface area (Å²) in [5, 5.41) is 10.9. The number of carbonyl (C=O) groups is 3. The maximum atomic E-state index is 13.8. The van der Waals surface area contributed by atoms with Gasteiger partial charge in [-0.2, -0.15) is 0 Å². The first-order valence-corrected chi connectivity index (χ1v) is 11.1. The van der Waals surface area contributed by atoms with Gasteiger partial charge in [0, 0.05) is 37.4 Å². The second kappa shape index (κ2) is 12.1. The van der Waals surface area contributed by atoms with Crippen molar-refractivity contribution in [2.45, 2.75) is 30.8 Å². The van der Waals surface area contributed by atoms with Gasteiger partial charge in [-0.05, 0) is 35.7 Å². The van der Waals surface area contributed by atoms with E-state index in [4.69, 9.17) is 10.8 Å². The number of hydrogen-bond acceptors (Lipinski definition) is 5. The lowest BCUT2D eigenvalue weighted by Gasteiger charge is -2.24. The summed E-state index contributed by atoms with van der Waals surface area (Å²) in [4.78, 5) is 37.6. The molecule has 2 aromatic rings. The van der Waals surface area contributed by atoms with E-state index in [1.165, 1.54) is 28.8 Å². The summed E-state index contributed by atoms with van der Waals surface area (Å²) in [7, 11) is 0. The van der Waals surface area contributed by atoms with Crippen LogP contribution >= 0.6 is 24.2 Å². The standard InChI is InChI=1S/C22H22F3N3O4S.ClH/c23-16-10-18(25)17(24)8-14(16)7-15(26)9-19(29)28-5-6-33-21(28)20(30)27-11-12-1-3-13(4-2-12)22(31)32;/h1-4,8,10,15,21H,5-7,9,11,26H2,(H,27,30)(H,31,32);1H/t15-,21+;/m1./s1. The first-order chi connectivity index (χ1) is 15.7. The van der Waals surface area contributed by atoms with E-state index >= 15 is 0 Å². The van der Waals surface area contributed by atoms with Crippen LogP contribution in [0.15, 0.2) is 36.4 Å². The number of hydrogen-bond donors (Lipinski definition) is 3. The zero-order chi connectivity index (χ0) is 24.1. The molecule has 3 rings (SSSR count). The van der Waals surface area contributed by atoms with Gasteiger partial charge in [0.25, 0.3) is 5.91 Å². The van der Waals surface area contributed by atoms with Crippen LogP contribution in [0.3, 0.4) is 0 Å². The van der Waals surface area contributed by atoms with Crippen molar-refractivity contribution in [2.24, 2.45) is 5.73 Å². The molecule has 0 bridgehead atoms. The van der Waals surface area contributed by atoms with Crippen molar-refractivity contribution in [3.8, 4) is 0 Å². The van der Waals surface area contributed by atoms with Gasteiger partial charge in [0.1, 0.15) is 5.82 Å². The minimum atomic E-state index is -1.30. The molecule has 0 aromatic heterocycles. The van der Waals surface area contributed by atoms with Gasteiger partial charge in [-0.15, -0.1) is 24.2 Å². The van der Waals surface area contributed by atoms with E-state index in [1.54, 1.807) is 12.1 Å². The molecule has 0 spiro atoms. The normalized spacial score (nSPS) is 16.0. The fourth-order valence-corrected chi connectivity index (χ4v) is 4.56. The molecule has 0 saturated carbocycles. The zero-order valence-electron chi connectivity index (χ0n) is 17.8. The quantitative estimate of drug-likeness (QED) is 0.464. The first kappa shape index (κ1) is 27.5. The molecular formula is C22H23ClF3N3O4S. The predicted octanol–water partition coefficient (Wildman–Crippen LogP) is 2.70. The van der Waals surface area contributed by atoms with Gasteiger partial charge in [-0.3, -0.25) is 9.59 Å². The largest absolute Gasteiger partial charge is 0.478 e.